The molecule has 2 N–H and O–H groups in total. The van der Waals surface area contributed by atoms with Gasteiger partial charge < -0.3 is 15.2 Å². The fourth-order valence-corrected chi connectivity index (χ4v) is 2.24. The summed E-state index contributed by atoms with van der Waals surface area (Å²) in [4.78, 5) is 8.28. The summed E-state index contributed by atoms with van der Waals surface area (Å²) in [7, 11) is 1.57. The maximum Gasteiger partial charge on any atom is 0.320 e. The van der Waals surface area contributed by atoms with Crippen molar-refractivity contribution in [3.05, 3.63) is 10.7 Å². The highest BCUT2D eigenvalue weighted by Crippen LogP contribution is 2.25. The third kappa shape index (κ3) is 3.29. The molecular formula is C11H16BrN3O2. The molecule has 0 spiro atoms. The van der Waals surface area contributed by atoms with Crippen LogP contribution < -0.4 is 15.2 Å². The molecule has 1 aromatic heterocycles. The Kier molecular flexibility index (Phi) is 4.17. The van der Waals surface area contributed by atoms with E-state index in [9.17, 15) is 0 Å². The van der Waals surface area contributed by atoms with Gasteiger partial charge in [0.15, 0.2) is 0 Å². The number of methoxy groups -OCH3 is 1. The monoisotopic (exact) mass is 301 g/mol. The Morgan fingerprint density at radius 3 is 2.71 bits per heavy atom. The first-order valence-corrected chi connectivity index (χ1v) is 6.47. The number of nitrogens with zero attached hydrogens (tertiary/aromatic N) is 2. The van der Waals surface area contributed by atoms with E-state index in [0.717, 1.165) is 30.2 Å². The van der Waals surface area contributed by atoms with E-state index in [1.165, 1.54) is 0 Å². The molecule has 1 aliphatic carbocycles. The molecular weight excluding hydrogens is 286 g/mol. The van der Waals surface area contributed by atoms with E-state index in [1.807, 2.05) is 0 Å². The van der Waals surface area contributed by atoms with Crippen LogP contribution in [0, 0.1) is 0 Å². The highest BCUT2D eigenvalue weighted by Gasteiger charge is 2.21. The van der Waals surface area contributed by atoms with Crippen LogP contribution in [-0.2, 0) is 0 Å². The van der Waals surface area contributed by atoms with Crippen molar-refractivity contribution in [2.45, 2.75) is 37.8 Å². The molecule has 1 aromatic rings. The third-order valence-corrected chi connectivity index (χ3v) is 3.42. The first-order chi connectivity index (χ1) is 8.19. The molecule has 0 radical (unpaired) electrons. The first kappa shape index (κ1) is 12.6. The minimum Gasteiger partial charge on any atom is -0.480 e. The third-order valence-electron chi connectivity index (χ3n) is 2.87. The smallest absolute Gasteiger partial charge is 0.320 e. The van der Waals surface area contributed by atoms with Crippen LogP contribution in [0.2, 0.25) is 0 Å². The molecule has 1 saturated carbocycles. The normalized spacial score (nSPS) is 24.4. The van der Waals surface area contributed by atoms with Crippen LogP contribution in [0.15, 0.2) is 10.7 Å². The largest absolute Gasteiger partial charge is 0.480 e. The number of rotatable bonds is 3. The second-order valence-corrected chi connectivity index (χ2v) is 5.02. The fraction of sp³-hybridized carbons (Fsp3) is 0.636. The SMILES string of the molecule is COc1nc(OC2CCC(N)CC2)ncc1Br. The Morgan fingerprint density at radius 1 is 1.35 bits per heavy atom. The minimum atomic E-state index is 0.167. The van der Waals surface area contributed by atoms with Crippen LogP contribution in [0.1, 0.15) is 25.7 Å². The molecule has 94 valence electrons. The van der Waals surface area contributed by atoms with E-state index in [4.69, 9.17) is 15.2 Å². The number of hydrogen-bond donors (Lipinski definition) is 1. The Bertz CT molecular complexity index is 381. The maximum atomic E-state index is 5.84. The molecule has 2 rings (SSSR count). The van der Waals surface area contributed by atoms with Crippen molar-refractivity contribution in [3.8, 4) is 11.9 Å². The molecule has 0 amide bonds. The van der Waals surface area contributed by atoms with Crippen LogP contribution in [0.5, 0.6) is 11.9 Å². The summed E-state index contributed by atoms with van der Waals surface area (Å²) < 4.78 is 11.5. The highest BCUT2D eigenvalue weighted by molar-refractivity contribution is 9.10. The Hall–Kier alpha value is -0.880. The second kappa shape index (κ2) is 5.64. The van der Waals surface area contributed by atoms with Crippen molar-refractivity contribution < 1.29 is 9.47 Å². The van der Waals surface area contributed by atoms with Gasteiger partial charge in [0.05, 0.1) is 17.8 Å². The zero-order valence-corrected chi connectivity index (χ0v) is 11.3. The summed E-state index contributed by atoms with van der Waals surface area (Å²) in [5.74, 6) is 0.488. The van der Waals surface area contributed by atoms with Crippen LogP contribution in [0.25, 0.3) is 0 Å². The lowest BCUT2D eigenvalue weighted by molar-refractivity contribution is 0.133. The zero-order chi connectivity index (χ0) is 12.3. The number of hydrogen-bond acceptors (Lipinski definition) is 5. The topological polar surface area (TPSA) is 70.3 Å². The van der Waals surface area contributed by atoms with E-state index < -0.39 is 0 Å². The van der Waals surface area contributed by atoms with Crippen molar-refractivity contribution in [2.24, 2.45) is 5.73 Å². The van der Waals surface area contributed by atoms with Crippen LogP contribution >= 0.6 is 15.9 Å². The molecule has 1 heterocycles. The average molecular weight is 302 g/mol. The van der Waals surface area contributed by atoms with E-state index in [-0.39, 0.29) is 6.10 Å². The van der Waals surface area contributed by atoms with Gasteiger partial charge in [-0.1, -0.05) is 0 Å². The number of ether oxygens (including phenoxy) is 2. The summed E-state index contributed by atoms with van der Waals surface area (Å²) >= 11 is 3.30. The lowest BCUT2D eigenvalue weighted by Crippen LogP contribution is -2.32. The molecule has 0 aromatic carbocycles. The fourth-order valence-electron chi connectivity index (χ4n) is 1.89. The number of aromatic nitrogens is 2. The molecule has 0 aliphatic heterocycles. The van der Waals surface area contributed by atoms with Gasteiger partial charge in [-0.25, -0.2) is 4.98 Å². The zero-order valence-electron chi connectivity index (χ0n) is 9.73. The van der Waals surface area contributed by atoms with Crippen molar-refractivity contribution in [3.63, 3.8) is 0 Å². The van der Waals surface area contributed by atoms with Gasteiger partial charge in [0.25, 0.3) is 0 Å². The number of halogens is 1. The van der Waals surface area contributed by atoms with Crippen molar-refractivity contribution in [2.75, 3.05) is 7.11 Å². The van der Waals surface area contributed by atoms with E-state index in [2.05, 4.69) is 25.9 Å². The molecule has 6 heteroatoms. The van der Waals surface area contributed by atoms with Gasteiger partial charge in [0.1, 0.15) is 6.10 Å². The van der Waals surface area contributed by atoms with Gasteiger partial charge in [-0.05, 0) is 41.6 Å². The standard InChI is InChI=1S/C11H16BrN3O2/c1-16-10-9(12)6-14-11(15-10)17-8-4-2-7(13)3-5-8/h6-8H,2-5,13H2,1H3. The maximum absolute atomic E-state index is 5.84. The summed E-state index contributed by atoms with van der Waals surface area (Å²) in [5.41, 5.74) is 5.84. The van der Waals surface area contributed by atoms with Crippen molar-refractivity contribution >= 4 is 15.9 Å². The molecule has 17 heavy (non-hydrogen) atoms. The van der Waals surface area contributed by atoms with Gasteiger partial charge >= 0.3 is 6.01 Å². The summed E-state index contributed by atoms with van der Waals surface area (Å²) in [6.07, 6.45) is 5.72. The second-order valence-electron chi connectivity index (χ2n) is 4.16. The number of nitrogens with two attached hydrogens (primary N) is 1. The van der Waals surface area contributed by atoms with Crippen LogP contribution in [0.4, 0.5) is 0 Å². The molecule has 1 aliphatic rings. The summed E-state index contributed by atoms with van der Waals surface area (Å²) in [5, 5.41) is 0. The van der Waals surface area contributed by atoms with Crippen molar-refractivity contribution in [1.29, 1.82) is 0 Å². The van der Waals surface area contributed by atoms with Gasteiger partial charge in [0, 0.05) is 6.04 Å². The summed E-state index contributed by atoms with van der Waals surface area (Å²) in [6.45, 7) is 0. The van der Waals surface area contributed by atoms with Crippen molar-refractivity contribution in [1.82, 2.24) is 9.97 Å². The van der Waals surface area contributed by atoms with Crippen LogP contribution in [-0.4, -0.2) is 29.2 Å². The Morgan fingerprint density at radius 2 is 2.06 bits per heavy atom. The van der Waals surface area contributed by atoms with Crippen LogP contribution in [0.3, 0.4) is 0 Å². The highest BCUT2D eigenvalue weighted by atomic mass is 79.9. The predicted molar refractivity (Wildman–Crippen MR) is 67.1 cm³/mol. The Labute approximate surface area is 109 Å². The van der Waals surface area contributed by atoms with E-state index in [0.29, 0.717) is 17.9 Å². The molecule has 0 bridgehead atoms. The first-order valence-electron chi connectivity index (χ1n) is 5.68. The molecule has 0 atom stereocenters. The quantitative estimate of drug-likeness (QED) is 0.923. The molecule has 5 nitrogen and oxygen atoms in total. The average Bonchev–Trinajstić information content (AvgIpc) is 2.34. The molecule has 0 unspecified atom stereocenters. The van der Waals surface area contributed by atoms with Gasteiger partial charge in [0.2, 0.25) is 5.88 Å². The van der Waals surface area contributed by atoms with E-state index >= 15 is 0 Å². The lowest BCUT2D eigenvalue weighted by atomic mass is 9.94. The van der Waals surface area contributed by atoms with Gasteiger partial charge in [-0.15, -0.1) is 0 Å². The Balaban J connectivity index is 1.99. The summed E-state index contributed by atoms with van der Waals surface area (Å²) in [6, 6.07) is 0.681. The predicted octanol–water partition coefficient (Wildman–Crippen LogP) is 1.90. The molecule has 0 saturated heterocycles. The minimum absolute atomic E-state index is 0.167. The van der Waals surface area contributed by atoms with Gasteiger partial charge in [-0.3, -0.25) is 0 Å². The lowest BCUT2D eigenvalue weighted by Gasteiger charge is -2.25. The van der Waals surface area contributed by atoms with Gasteiger partial charge in [-0.2, -0.15) is 4.98 Å². The molecule has 1 fully saturated rings. The van der Waals surface area contributed by atoms with E-state index in [1.54, 1.807) is 13.3 Å².